The van der Waals surface area contributed by atoms with Gasteiger partial charge in [-0.15, -0.1) is 11.3 Å². The standard InChI is InChI=1S/C14H22N4S/c1-4-7-15-13(9-12-10-19-11(3)17-12)14-6-8-16-18(14)5-2/h6,8,10,13,15H,4-5,7,9H2,1-3H3. The van der Waals surface area contributed by atoms with Crippen molar-refractivity contribution in [1.82, 2.24) is 20.1 Å². The van der Waals surface area contributed by atoms with Crippen LogP contribution in [0.25, 0.3) is 0 Å². The van der Waals surface area contributed by atoms with E-state index in [-0.39, 0.29) is 0 Å². The van der Waals surface area contributed by atoms with Crippen LogP contribution in [0.3, 0.4) is 0 Å². The van der Waals surface area contributed by atoms with Crippen LogP contribution in [0.1, 0.15) is 42.7 Å². The van der Waals surface area contributed by atoms with E-state index in [0.717, 1.165) is 30.9 Å². The zero-order chi connectivity index (χ0) is 13.7. The predicted molar refractivity (Wildman–Crippen MR) is 79.5 cm³/mol. The lowest BCUT2D eigenvalue weighted by Gasteiger charge is -2.18. The van der Waals surface area contributed by atoms with E-state index in [1.165, 1.54) is 11.4 Å². The smallest absolute Gasteiger partial charge is 0.0897 e. The molecule has 0 aromatic carbocycles. The summed E-state index contributed by atoms with van der Waals surface area (Å²) < 4.78 is 2.06. The van der Waals surface area contributed by atoms with Gasteiger partial charge >= 0.3 is 0 Å². The third-order valence-corrected chi connectivity index (χ3v) is 3.95. The number of aromatic nitrogens is 3. The van der Waals surface area contributed by atoms with Gasteiger partial charge in [0.2, 0.25) is 0 Å². The lowest BCUT2D eigenvalue weighted by molar-refractivity contribution is 0.476. The summed E-state index contributed by atoms with van der Waals surface area (Å²) in [6, 6.07) is 2.40. The molecule has 1 unspecified atom stereocenters. The monoisotopic (exact) mass is 278 g/mol. The van der Waals surface area contributed by atoms with Gasteiger partial charge in [-0.05, 0) is 32.9 Å². The van der Waals surface area contributed by atoms with Crippen molar-refractivity contribution in [2.75, 3.05) is 6.54 Å². The second-order valence-electron chi connectivity index (χ2n) is 4.64. The number of thiazole rings is 1. The van der Waals surface area contributed by atoms with Gasteiger partial charge in [0.1, 0.15) is 0 Å². The first-order chi connectivity index (χ1) is 9.24. The van der Waals surface area contributed by atoms with E-state index in [4.69, 9.17) is 0 Å². The summed E-state index contributed by atoms with van der Waals surface area (Å²) in [5, 5.41) is 11.3. The molecule has 0 aliphatic heterocycles. The van der Waals surface area contributed by atoms with E-state index in [0.29, 0.717) is 6.04 Å². The molecule has 5 heteroatoms. The van der Waals surface area contributed by atoms with Crippen molar-refractivity contribution in [3.8, 4) is 0 Å². The maximum Gasteiger partial charge on any atom is 0.0897 e. The summed E-state index contributed by atoms with van der Waals surface area (Å²) in [7, 11) is 0. The molecule has 0 saturated carbocycles. The molecule has 4 nitrogen and oxygen atoms in total. The molecule has 2 rings (SSSR count). The van der Waals surface area contributed by atoms with Crippen molar-refractivity contribution < 1.29 is 0 Å². The highest BCUT2D eigenvalue weighted by molar-refractivity contribution is 7.09. The van der Waals surface area contributed by atoms with Crippen LogP contribution in [-0.4, -0.2) is 21.3 Å². The molecule has 2 aromatic rings. The predicted octanol–water partition coefficient (Wildman–Crippen LogP) is 2.95. The number of nitrogens with zero attached hydrogens (tertiary/aromatic N) is 3. The van der Waals surface area contributed by atoms with Crippen LogP contribution in [0.4, 0.5) is 0 Å². The fourth-order valence-electron chi connectivity index (χ4n) is 2.21. The molecule has 1 atom stereocenters. The number of hydrogen-bond acceptors (Lipinski definition) is 4. The molecule has 0 amide bonds. The van der Waals surface area contributed by atoms with Crippen LogP contribution in [0, 0.1) is 6.92 Å². The summed E-state index contributed by atoms with van der Waals surface area (Å²) in [4.78, 5) is 4.57. The van der Waals surface area contributed by atoms with Crippen LogP contribution in [0.5, 0.6) is 0 Å². The average molecular weight is 278 g/mol. The van der Waals surface area contributed by atoms with Crippen molar-refractivity contribution in [2.24, 2.45) is 0 Å². The summed E-state index contributed by atoms with van der Waals surface area (Å²) in [5.41, 5.74) is 2.42. The summed E-state index contributed by atoms with van der Waals surface area (Å²) >= 11 is 1.72. The van der Waals surface area contributed by atoms with Gasteiger partial charge in [0.15, 0.2) is 0 Å². The molecule has 1 N–H and O–H groups in total. The van der Waals surface area contributed by atoms with Crippen LogP contribution >= 0.6 is 11.3 Å². The molecule has 2 heterocycles. The van der Waals surface area contributed by atoms with E-state index in [9.17, 15) is 0 Å². The van der Waals surface area contributed by atoms with Crippen LogP contribution in [0.2, 0.25) is 0 Å². The van der Waals surface area contributed by atoms with Crippen LogP contribution in [0.15, 0.2) is 17.6 Å². The SMILES string of the molecule is CCCNC(Cc1csc(C)n1)c1ccnn1CC. The van der Waals surface area contributed by atoms with Gasteiger partial charge in [-0.25, -0.2) is 4.98 Å². The minimum absolute atomic E-state index is 0.295. The number of nitrogens with one attached hydrogen (secondary N) is 1. The number of rotatable bonds is 7. The fraction of sp³-hybridized carbons (Fsp3) is 0.571. The second kappa shape index (κ2) is 6.82. The Balaban J connectivity index is 2.15. The Bertz CT molecular complexity index is 503. The molecule has 0 saturated heterocycles. The molecule has 0 fully saturated rings. The molecule has 0 aliphatic rings. The average Bonchev–Trinajstić information content (AvgIpc) is 3.03. The van der Waals surface area contributed by atoms with E-state index >= 15 is 0 Å². The highest BCUT2D eigenvalue weighted by Crippen LogP contribution is 2.19. The molecule has 0 aliphatic carbocycles. The topological polar surface area (TPSA) is 42.7 Å². The summed E-state index contributed by atoms with van der Waals surface area (Å²) in [6.45, 7) is 8.29. The first-order valence-electron chi connectivity index (χ1n) is 6.90. The Kier molecular flexibility index (Phi) is 5.10. The summed E-state index contributed by atoms with van der Waals surface area (Å²) in [5.74, 6) is 0. The first kappa shape index (κ1) is 14.2. The zero-order valence-corrected chi connectivity index (χ0v) is 12.7. The Morgan fingerprint density at radius 1 is 1.42 bits per heavy atom. The molecule has 0 spiro atoms. The number of hydrogen-bond donors (Lipinski definition) is 1. The molecular formula is C14H22N4S. The van der Waals surface area contributed by atoms with E-state index in [1.807, 2.05) is 6.20 Å². The van der Waals surface area contributed by atoms with Crippen molar-refractivity contribution in [2.45, 2.75) is 46.2 Å². The van der Waals surface area contributed by atoms with Crippen molar-refractivity contribution >= 4 is 11.3 Å². The van der Waals surface area contributed by atoms with Crippen molar-refractivity contribution in [3.63, 3.8) is 0 Å². The lowest BCUT2D eigenvalue weighted by atomic mass is 10.1. The van der Waals surface area contributed by atoms with E-state index in [1.54, 1.807) is 11.3 Å². The Labute approximate surface area is 118 Å². The number of aryl methyl sites for hydroxylation is 2. The third kappa shape index (κ3) is 3.64. The fourth-order valence-corrected chi connectivity index (χ4v) is 2.84. The van der Waals surface area contributed by atoms with E-state index in [2.05, 4.69) is 52.3 Å². The largest absolute Gasteiger partial charge is 0.308 e. The zero-order valence-electron chi connectivity index (χ0n) is 11.9. The van der Waals surface area contributed by atoms with Gasteiger partial charge < -0.3 is 5.32 Å². The van der Waals surface area contributed by atoms with Crippen molar-refractivity contribution in [1.29, 1.82) is 0 Å². The quantitative estimate of drug-likeness (QED) is 0.846. The Morgan fingerprint density at radius 3 is 2.89 bits per heavy atom. The van der Waals surface area contributed by atoms with Gasteiger partial charge in [-0.1, -0.05) is 6.92 Å². The Hall–Kier alpha value is -1.20. The summed E-state index contributed by atoms with van der Waals surface area (Å²) in [6.07, 6.45) is 3.94. The highest BCUT2D eigenvalue weighted by Gasteiger charge is 2.16. The third-order valence-electron chi connectivity index (χ3n) is 3.13. The highest BCUT2D eigenvalue weighted by atomic mass is 32.1. The second-order valence-corrected chi connectivity index (χ2v) is 5.70. The maximum atomic E-state index is 4.57. The van der Waals surface area contributed by atoms with Crippen molar-refractivity contribution in [3.05, 3.63) is 34.0 Å². The van der Waals surface area contributed by atoms with Gasteiger partial charge in [-0.3, -0.25) is 4.68 Å². The van der Waals surface area contributed by atoms with Gasteiger partial charge in [0.05, 0.1) is 22.4 Å². The molecule has 19 heavy (non-hydrogen) atoms. The maximum absolute atomic E-state index is 4.57. The molecule has 0 radical (unpaired) electrons. The molecule has 2 aromatic heterocycles. The minimum Gasteiger partial charge on any atom is -0.308 e. The normalized spacial score (nSPS) is 12.8. The molecule has 104 valence electrons. The Morgan fingerprint density at radius 2 is 2.26 bits per heavy atom. The lowest BCUT2D eigenvalue weighted by Crippen LogP contribution is -2.26. The molecular weight excluding hydrogens is 256 g/mol. The van der Waals surface area contributed by atoms with Crippen LogP contribution in [-0.2, 0) is 13.0 Å². The van der Waals surface area contributed by atoms with Gasteiger partial charge in [0, 0.05) is 24.5 Å². The molecule has 0 bridgehead atoms. The first-order valence-corrected chi connectivity index (χ1v) is 7.78. The van der Waals surface area contributed by atoms with E-state index < -0.39 is 0 Å². The van der Waals surface area contributed by atoms with Gasteiger partial charge in [-0.2, -0.15) is 5.10 Å². The van der Waals surface area contributed by atoms with Gasteiger partial charge in [0.25, 0.3) is 0 Å². The minimum atomic E-state index is 0.295. The van der Waals surface area contributed by atoms with Crippen LogP contribution < -0.4 is 5.32 Å².